The van der Waals surface area contributed by atoms with Gasteiger partial charge in [-0.05, 0) is 25.5 Å². The first-order valence-electron chi connectivity index (χ1n) is 7.13. The summed E-state index contributed by atoms with van der Waals surface area (Å²) in [4.78, 5) is 0. The maximum Gasteiger partial charge on any atom is 0.0913 e. The van der Waals surface area contributed by atoms with Crippen LogP contribution in [0, 0.1) is 0 Å². The van der Waals surface area contributed by atoms with Crippen molar-refractivity contribution in [3.8, 4) is 0 Å². The molecule has 2 atom stereocenters. The van der Waals surface area contributed by atoms with E-state index >= 15 is 0 Å². The number of fused-ring (bicyclic) bond motifs is 1. The Bertz CT molecular complexity index is 537. The van der Waals surface area contributed by atoms with E-state index in [0.717, 1.165) is 32.6 Å². The Kier molecular flexibility index (Phi) is 3.80. The Morgan fingerprint density at radius 1 is 1.42 bits per heavy atom. The van der Waals surface area contributed by atoms with E-state index in [0.29, 0.717) is 12.1 Å². The molecule has 0 bridgehead atoms. The zero-order valence-electron chi connectivity index (χ0n) is 11.4. The second kappa shape index (κ2) is 5.72. The summed E-state index contributed by atoms with van der Waals surface area (Å²) in [5.41, 5.74) is 1.20. The topological polar surface area (TPSA) is 39.1 Å². The van der Waals surface area contributed by atoms with Crippen LogP contribution in [0.5, 0.6) is 0 Å². The molecule has 1 aromatic carbocycles. The Morgan fingerprint density at radius 2 is 2.32 bits per heavy atom. The highest BCUT2D eigenvalue weighted by molar-refractivity contribution is 5.78. The van der Waals surface area contributed by atoms with Gasteiger partial charge in [-0.2, -0.15) is 5.10 Å². The first-order chi connectivity index (χ1) is 9.40. The van der Waals surface area contributed by atoms with E-state index in [1.165, 1.54) is 10.9 Å². The fourth-order valence-corrected chi connectivity index (χ4v) is 2.79. The van der Waals surface area contributed by atoms with E-state index < -0.39 is 0 Å². The van der Waals surface area contributed by atoms with Gasteiger partial charge in [0.25, 0.3) is 0 Å². The molecule has 1 aromatic heterocycles. The van der Waals surface area contributed by atoms with Crippen molar-refractivity contribution in [1.82, 2.24) is 15.1 Å². The molecule has 1 fully saturated rings. The van der Waals surface area contributed by atoms with Crippen LogP contribution in [0.15, 0.2) is 30.5 Å². The first kappa shape index (κ1) is 12.6. The predicted molar refractivity (Wildman–Crippen MR) is 76.3 cm³/mol. The van der Waals surface area contributed by atoms with Crippen molar-refractivity contribution in [2.24, 2.45) is 0 Å². The fraction of sp³-hybridized carbons (Fsp3) is 0.533. The molecule has 0 saturated carbocycles. The van der Waals surface area contributed by atoms with Gasteiger partial charge in [0, 0.05) is 18.0 Å². The number of aromatic nitrogens is 2. The third kappa shape index (κ3) is 2.51. The maximum atomic E-state index is 5.66. The van der Waals surface area contributed by atoms with Crippen molar-refractivity contribution in [3.63, 3.8) is 0 Å². The van der Waals surface area contributed by atoms with Gasteiger partial charge in [-0.3, -0.25) is 4.68 Å². The first-order valence-corrected chi connectivity index (χ1v) is 7.13. The van der Waals surface area contributed by atoms with Gasteiger partial charge in [0.15, 0.2) is 0 Å². The minimum Gasteiger partial charge on any atom is -0.379 e. The average molecular weight is 259 g/mol. The van der Waals surface area contributed by atoms with Crippen molar-refractivity contribution in [2.45, 2.75) is 31.8 Å². The molecule has 3 rings (SSSR count). The highest BCUT2D eigenvalue weighted by Crippen LogP contribution is 2.24. The van der Waals surface area contributed by atoms with Gasteiger partial charge in [0.1, 0.15) is 0 Å². The lowest BCUT2D eigenvalue weighted by atomic mass is 10.0. The third-order valence-electron chi connectivity index (χ3n) is 3.80. The van der Waals surface area contributed by atoms with Crippen LogP contribution in [0.4, 0.5) is 0 Å². The summed E-state index contributed by atoms with van der Waals surface area (Å²) in [7, 11) is 0. The van der Waals surface area contributed by atoms with E-state index in [9.17, 15) is 0 Å². The van der Waals surface area contributed by atoms with Gasteiger partial charge in [-0.1, -0.05) is 25.1 Å². The van der Waals surface area contributed by atoms with E-state index in [1.54, 1.807) is 0 Å². The Morgan fingerprint density at radius 3 is 3.21 bits per heavy atom. The van der Waals surface area contributed by atoms with Crippen molar-refractivity contribution >= 4 is 10.9 Å². The van der Waals surface area contributed by atoms with Crippen LogP contribution < -0.4 is 5.32 Å². The van der Waals surface area contributed by atoms with Crippen LogP contribution in [-0.4, -0.2) is 35.6 Å². The molecule has 19 heavy (non-hydrogen) atoms. The number of para-hydroxylation sites is 1. The number of benzene rings is 1. The average Bonchev–Trinajstić information content (AvgIpc) is 2.89. The normalized spacial score (nSPS) is 23.8. The largest absolute Gasteiger partial charge is 0.379 e. The number of nitrogens with zero attached hydrogens (tertiary/aromatic N) is 2. The molecule has 0 spiro atoms. The molecule has 0 amide bonds. The summed E-state index contributed by atoms with van der Waals surface area (Å²) >= 11 is 0. The lowest BCUT2D eigenvalue weighted by molar-refractivity contribution is 0.0343. The van der Waals surface area contributed by atoms with Gasteiger partial charge in [0.2, 0.25) is 0 Å². The molecule has 4 heteroatoms. The van der Waals surface area contributed by atoms with Gasteiger partial charge >= 0.3 is 0 Å². The lowest BCUT2D eigenvalue weighted by Gasteiger charge is -2.32. The summed E-state index contributed by atoms with van der Waals surface area (Å²) in [6.07, 6.45) is 4.16. The molecule has 0 aliphatic carbocycles. The molecule has 0 radical (unpaired) electrons. The molecule has 2 heterocycles. The van der Waals surface area contributed by atoms with Crippen molar-refractivity contribution < 1.29 is 4.74 Å². The van der Waals surface area contributed by atoms with Crippen LogP contribution in [-0.2, 0) is 4.74 Å². The summed E-state index contributed by atoms with van der Waals surface area (Å²) in [6.45, 7) is 4.84. The minimum atomic E-state index is 0.292. The smallest absolute Gasteiger partial charge is 0.0913 e. The monoisotopic (exact) mass is 259 g/mol. The Balaban J connectivity index is 1.89. The fourth-order valence-electron chi connectivity index (χ4n) is 2.79. The van der Waals surface area contributed by atoms with E-state index in [-0.39, 0.29) is 0 Å². The van der Waals surface area contributed by atoms with E-state index in [1.807, 2.05) is 6.20 Å². The second-order valence-electron chi connectivity index (χ2n) is 5.14. The molecule has 2 unspecified atom stereocenters. The summed E-state index contributed by atoms with van der Waals surface area (Å²) in [6, 6.07) is 9.11. The van der Waals surface area contributed by atoms with Gasteiger partial charge in [-0.25, -0.2) is 0 Å². The SMILES string of the molecule is CCCNC1CCOCC1n1ncc2ccccc21. The predicted octanol–water partition coefficient (Wildman–Crippen LogP) is 2.37. The highest BCUT2D eigenvalue weighted by atomic mass is 16.5. The number of nitrogens with one attached hydrogen (secondary N) is 1. The highest BCUT2D eigenvalue weighted by Gasteiger charge is 2.28. The van der Waals surface area contributed by atoms with Crippen LogP contribution in [0.3, 0.4) is 0 Å². The molecule has 102 valence electrons. The van der Waals surface area contributed by atoms with Crippen LogP contribution in [0.2, 0.25) is 0 Å². The van der Waals surface area contributed by atoms with Gasteiger partial charge < -0.3 is 10.1 Å². The summed E-state index contributed by atoms with van der Waals surface area (Å²) in [5, 5.41) is 9.40. The summed E-state index contributed by atoms with van der Waals surface area (Å²) in [5.74, 6) is 0. The minimum absolute atomic E-state index is 0.292. The molecular weight excluding hydrogens is 238 g/mol. The van der Waals surface area contributed by atoms with Gasteiger partial charge in [0.05, 0.1) is 24.4 Å². The van der Waals surface area contributed by atoms with Crippen LogP contribution in [0.1, 0.15) is 25.8 Å². The van der Waals surface area contributed by atoms with E-state index in [2.05, 4.69) is 46.3 Å². The molecule has 1 N–H and O–H groups in total. The third-order valence-corrected chi connectivity index (χ3v) is 3.80. The standard InChI is InChI=1S/C15H21N3O/c1-2-8-16-13-7-9-19-11-15(13)18-14-6-4-3-5-12(14)10-17-18/h3-6,10,13,15-16H,2,7-9,11H2,1H3. The molecule has 1 aliphatic heterocycles. The number of ether oxygens (including phenoxy) is 1. The maximum absolute atomic E-state index is 5.66. The zero-order valence-corrected chi connectivity index (χ0v) is 11.4. The number of rotatable bonds is 4. The molecular formula is C15H21N3O. The quantitative estimate of drug-likeness (QED) is 0.916. The van der Waals surface area contributed by atoms with Crippen molar-refractivity contribution in [3.05, 3.63) is 30.5 Å². The van der Waals surface area contributed by atoms with Gasteiger partial charge in [-0.15, -0.1) is 0 Å². The summed E-state index contributed by atoms with van der Waals surface area (Å²) < 4.78 is 7.79. The lowest BCUT2D eigenvalue weighted by Crippen LogP contribution is -2.44. The van der Waals surface area contributed by atoms with Crippen LogP contribution >= 0.6 is 0 Å². The molecule has 2 aromatic rings. The molecule has 1 saturated heterocycles. The molecule has 1 aliphatic rings. The second-order valence-corrected chi connectivity index (χ2v) is 5.14. The Hall–Kier alpha value is -1.39. The van der Waals surface area contributed by atoms with Crippen molar-refractivity contribution in [2.75, 3.05) is 19.8 Å². The van der Waals surface area contributed by atoms with Crippen LogP contribution in [0.25, 0.3) is 10.9 Å². The zero-order chi connectivity index (χ0) is 13.1. The Labute approximate surface area is 113 Å². The number of hydrogen-bond acceptors (Lipinski definition) is 3. The number of hydrogen-bond donors (Lipinski definition) is 1. The van der Waals surface area contributed by atoms with Crippen molar-refractivity contribution in [1.29, 1.82) is 0 Å². The molecule has 4 nitrogen and oxygen atoms in total. The van der Waals surface area contributed by atoms with E-state index in [4.69, 9.17) is 4.74 Å².